The van der Waals surface area contributed by atoms with E-state index in [0.717, 1.165) is 17.4 Å². The van der Waals surface area contributed by atoms with Crippen LogP contribution >= 0.6 is 22.9 Å². The van der Waals surface area contributed by atoms with Crippen LogP contribution < -0.4 is 10.0 Å². The number of sulfonamides is 1. The van der Waals surface area contributed by atoms with Crippen molar-refractivity contribution in [3.05, 3.63) is 112 Å². The highest BCUT2D eigenvalue weighted by Crippen LogP contribution is 2.37. The molecule has 0 saturated carbocycles. The van der Waals surface area contributed by atoms with Gasteiger partial charge >= 0.3 is 12.1 Å². The Morgan fingerprint density at radius 3 is 2.23 bits per heavy atom. The van der Waals surface area contributed by atoms with Crippen LogP contribution in [-0.4, -0.2) is 20.3 Å². The molecule has 4 aromatic rings. The number of thiophene rings is 1. The minimum absolute atomic E-state index is 0.0229. The van der Waals surface area contributed by atoms with Crippen molar-refractivity contribution in [2.24, 2.45) is 0 Å². The zero-order chi connectivity index (χ0) is 28.2. The van der Waals surface area contributed by atoms with Crippen molar-refractivity contribution in [2.45, 2.75) is 16.5 Å². The first-order valence-corrected chi connectivity index (χ1v) is 13.8. The molecule has 2 N–H and O–H groups in total. The summed E-state index contributed by atoms with van der Waals surface area (Å²) in [7, 11) is -3.80. The summed E-state index contributed by atoms with van der Waals surface area (Å²) >= 11 is 6.74. The van der Waals surface area contributed by atoms with Gasteiger partial charge in [0.25, 0.3) is 15.9 Å². The van der Waals surface area contributed by atoms with Gasteiger partial charge in [-0.15, -0.1) is 11.3 Å². The molecule has 0 spiro atoms. The van der Waals surface area contributed by atoms with E-state index in [-0.39, 0.29) is 26.0 Å². The topological polar surface area (TPSA) is 102 Å². The van der Waals surface area contributed by atoms with Gasteiger partial charge in [-0.1, -0.05) is 48.0 Å². The fourth-order valence-corrected chi connectivity index (χ4v) is 5.65. The Morgan fingerprint density at radius 1 is 0.923 bits per heavy atom. The smallest absolute Gasteiger partial charge is 0.418 e. The van der Waals surface area contributed by atoms with Crippen LogP contribution in [0.1, 0.15) is 27.6 Å². The van der Waals surface area contributed by atoms with Gasteiger partial charge in [-0.25, -0.2) is 13.2 Å². The average Bonchev–Trinajstić information content (AvgIpc) is 3.45. The van der Waals surface area contributed by atoms with Gasteiger partial charge in [0.1, 0.15) is 4.21 Å². The number of benzene rings is 3. The SMILES string of the molecule is O=C(O[C@@H](C(=O)Nc1ccc(Cl)cc1C(F)(F)F)c1ccccc1)c1ccc(NS(=O)(=O)c2cccs2)cc1. The Labute approximate surface area is 230 Å². The Balaban J connectivity index is 1.55. The second-order valence-electron chi connectivity index (χ2n) is 7.99. The van der Waals surface area contributed by atoms with E-state index in [1.54, 1.807) is 29.6 Å². The summed E-state index contributed by atoms with van der Waals surface area (Å²) in [5.41, 5.74) is -1.35. The number of ether oxygens (including phenoxy) is 1. The van der Waals surface area contributed by atoms with E-state index in [1.165, 1.54) is 48.5 Å². The van der Waals surface area contributed by atoms with E-state index >= 15 is 0 Å². The van der Waals surface area contributed by atoms with Gasteiger partial charge in [-0.2, -0.15) is 13.2 Å². The van der Waals surface area contributed by atoms with Gasteiger partial charge in [0.2, 0.25) is 6.10 Å². The molecule has 3 aromatic carbocycles. The van der Waals surface area contributed by atoms with Crippen molar-refractivity contribution < 1.29 is 35.9 Å². The molecular weight excluding hydrogens is 577 g/mol. The number of hydrogen-bond acceptors (Lipinski definition) is 6. The first-order valence-electron chi connectivity index (χ1n) is 11.0. The summed E-state index contributed by atoms with van der Waals surface area (Å²) in [4.78, 5) is 26.0. The molecule has 0 bridgehead atoms. The van der Waals surface area contributed by atoms with Crippen molar-refractivity contribution in [1.82, 2.24) is 0 Å². The molecule has 0 aliphatic carbocycles. The lowest BCUT2D eigenvalue weighted by Crippen LogP contribution is -2.27. The molecule has 13 heteroatoms. The molecule has 39 heavy (non-hydrogen) atoms. The maximum Gasteiger partial charge on any atom is 0.418 e. The maximum absolute atomic E-state index is 13.5. The first kappa shape index (κ1) is 28.1. The van der Waals surface area contributed by atoms with E-state index in [1.807, 2.05) is 0 Å². The third kappa shape index (κ3) is 6.96. The van der Waals surface area contributed by atoms with Crippen molar-refractivity contribution in [3.8, 4) is 0 Å². The van der Waals surface area contributed by atoms with Crippen LogP contribution in [0, 0.1) is 0 Å². The number of esters is 1. The number of carbonyl (C=O) groups excluding carboxylic acids is 2. The third-order valence-electron chi connectivity index (χ3n) is 5.24. The molecule has 1 atom stereocenters. The van der Waals surface area contributed by atoms with Crippen molar-refractivity contribution in [2.75, 3.05) is 10.0 Å². The van der Waals surface area contributed by atoms with Crippen molar-refractivity contribution in [1.29, 1.82) is 0 Å². The summed E-state index contributed by atoms with van der Waals surface area (Å²) in [6.07, 6.45) is -6.41. The van der Waals surface area contributed by atoms with E-state index in [0.29, 0.717) is 6.07 Å². The minimum atomic E-state index is -4.81. The van der Waals surface area contributed by atoms with Gasteiger partial charge in [0.15, 0.2) is 0 Å². The van der Waals surface area contributed by atoms with E-state index in [9.17, 15) is 31.2 Å². The molecule has 0 radical (unpaired) electrons. The molecule has 4 rings (SSSR count). The van der Waals surface area contributed by atoms with Crippen LogP contribution in [0.3, 0.4) is 0 Å². The molecule has 7 nitrogen and oxygen atoms in total. The number of hydrogen-bond donors (Lipinski definition) is 2. The summed E-state index contributed by atoms with van der Waals surface area (Å²) in [6, 6.07) is 18.9. The Morgan fingerprint density at radius 2 is 1.62 bits per heavy atom. The Kier molecular flexibility index (Phi) is 8.28. The predicted octanol–water partition coefficient (Wildman–Crippen LogP) is 6.76. The number of amides is 1. The van der Waals surface area contributed by atoms with Crippen LogP contribution in [0.4, 0.5) is 24.5 Å². The lowest BCUT2D eigenvalue weighted by atomic mass is 10.1. The highest BCUT2D eigenvalue weighted by Gasteiger charge is 2.35. The molecular formula is C26H18ClF3N2O5S2. The fraction of sp³-hybridized carbons (Fsp3) is 0.0769. The second-order valence-corrected chi connectivity index (χ2v) is 11.3. The monoisotopic (exact) mass is 594 g/mol. The Bertz CT molecular complexity index is 1580. The van der Waals surface area contributed by atoms with Crippen molar-refractivity contribution >= 4 is 56.2 Å². The molecule has 1 aromatic heterocycles. The summed E-state index contributed by atoms with van der Waals surface area (Å²) in [5, 5.41) is 3.62. The third-order valence-corrected chi connectivity index (χ3v) is 8.26. The number of anilines is 2. The highest BCUT2D eigenvalue weighted by molar-refractivity contribution is 7.94. The summed E-state index contributed by atoms with van der Waals surface area (Å²) in [6.45, 7) is 0. The number of carbonyl (C=O) groups is 2. The molecule has 0 unspecified atom stereocenters. The molecule has 0 saturated heterocycles. The maximum atomic E-state index is 13.5. The van der Waals surface area contributed by atoms with E-state index in [2.05, 4.69) is 10.0 Å². The normalized spacial score (nSPS) is 12.4. The number of nitrogens with one attached hydrogen (secondary N) is 2. The highest BCUT2D eigenvalue weighted by atomic mass is 35.5. The van der Waals surface area contributed by atoms with Gasteiger partial charge in [0, 0.05) is 16.3 Å². The van der Waals surface area contributed by atoms with Crippen molar-refractivity contribution in [3.63, 3.8) is 0 Å². The minimum Gasteiger partial charge on any atom is -0.444 e. The Hall–Kier alpha value is -3.87. The molecule has 1 amide bonds. The van der Waals surface area contributed by atoms with Crippen LogP contribution in [-0.2, 0) is 25.7 Å². The van der Waals surface area contributed by atoms with Gasteiger partial charge in [-0.05, 0) is 53.9 Å². The summed E-state index contributed by atoms with van der Waals surface area (Å²) < 4.78 is 73.2. The number of halogens is 4. The zero-order valence-electron chi connectivity index (χ0n) is 19.6. The van der Waals surface area contributed by atoms with Crippen LogP contribution in [0.15, 0.2) is 94.5 Å². The van der Waals surface area contributed by atoms with Crippen LogP contribution in [0.25, 0.3) is 0 Å². The number of alkyl halides is 3. The van der Waals surface area contributed by atoms with Gasteiger partial charge in [-0.3, -0.25) is 9.52 Å². The lowest BCUT2D eigenvalue weighted by Gasteiger charge is -2.20. The fourth-order valence-electron chi connectivity index (χ4n) is 3.43. The van der Waals surface area contributed by atoms with E-state index < -0.39 is 45.4 Å². The quantitative estimate of drug-likeness (QED) is 0.220. The van der Waals surface area contributed by atoms with Crippen LogP contribution in [0.5, 0.6) is 0 Å². The zero-order valence-corrected chi connectivity index (χ0v) is 22.0. The van der Waals surface area contributed by atoms with E-state index in [4.69, 9.17) is 16.3 Å². The lowest BCUT2D eigenvalue weighted by molar-refractivity contribution is -0.137. The number of rotatable bonds is 8. The summed E-state index contributed by atoms with van der Waals surface area (Å²) in [5.74, 6) is -1.98. The van der Waals surface area contributed by atoms with Gasteiger partial charge in [0.05, 0.1) is 16.8 Å². The second kappa shape index (κ2) is 11.5. The molecule has 0 aliphatic rings. The molecule has 0 aliphatic heterocycles. The standard InChI is InChI=1S/C26H18ClF3N2O5S2/c27-18-10-13-21(20(15-18)26(28,29)30)31-24(33)23(16-5-2-1-3-6-16)37-25(34)17-8-11-19(12-9-17)32-39(35,36)22-7-4-14-38-22/h1-15,23,32H,(H,31,33)/t23-/m1/s1. The molecule has 0 fully saturated rings. The largest absolute Gasteiger partial charge is 0.444 e. The first-order chi connectivity index (χ1) is 18.4. The predicted molar refractivity (Wildman–Crippen MR) is 141 cm³/mol. The van der Waals surface area contributed by atoms with Crippen LogP contribution in [0.2, 0.25) is 5.02 Å². The average molecular weight is 595 g/mol. The molecule has 1 heterocycles. The van der Waals surface area contributed by atoms with Gasteiger partial charge < -0.3 is 10.1 Å². The molecule has 202 valence electrons.